The maximum Gasteiger partial charge on any atom is 0.260 e. The van der Waals surface area contributed by atoms with Gasteiger partial charge in [0.05, 0.1) is 10.8 Å². The number of hydrogen-bond donors (Lipinski definition) is 1. The topological polar surface area (TPSA) is 58.9 Å². The van der Waals surface area contributed by atoms with Gasteiger partial charge in [0.2, 0.25) is 0 Å². The molecule has 0 radical (unpaired) electrons. The van der Waals surface area contributed by atoms with E-state index >= 15 is 0 Å². The van der Waals surface area contributed by atoms with Crippen molar-refractivity contribution < 1.29 is 4.42 Å². The summed E-state index contributed by atoms with van der Waals surface area (Å²) >= 11 is 10.8. The number of halogens is 2. The van der Waals surface area contributed by atoms with E-state index in [2.05, 4.69) is 25.9 Å². The van der Waals surface area contributed by atoms with Gasteiger partial charge in [-0.25, -0.2) is 4.98 Å². The first-order valence-electron chi connectivity index (χ1n) is 6.01. The van der Waals surface area contributed by atoms with Crippen LogP contribution in [0.15, 0.2) is 31.4 Å². The van der Waals surface area contributed by atoms with Gasteiger partial charge in [-0.2, -0.15) is 0 Å². The molecule has 1 atom stereocenters. The molecule has 3 aromatic rings. The second kappa shape index (κ2) is 5.35. The third-order valence-corrected chi connectivity index (χ3v) is 4.77. The number of nitrogens with one attached hydrogen (secondary N) is 1. The van der Waals surface area contributed by atoms with Gasteiger partial charge < -0.3 is 9.40 Å². The molecule has 0 aliphatic heterocycles. The van der Waals surface area contributed by atoms with Crippen LogP contribution in [0.2, 0.25) is 0 Å². The lowest BCUT2D eigenvalue weighted by Gasteiger charge is -2.05. The molecule has 0 saturated heterocycles. The number of thiophene rings is 1. The normalized spacial score (nSPS) is 12.9. The van der Waals surface area contributed by atoms with E-state index in [0.29, 0.717) is 32.9 Å². The Bertz CT molecular complexity index is 823. The number of rotatable bonds is 3. The molecule has 0 bridgehead atoms. The predicted molar refractivity (Wildman–Crippen MR) is 84.5 cm³/mol. The van der Waals surface area contributed by atoms with Gasteiger partial charge in [-0.05, 0) is 34.5 Å². The number of hydrogen-bond acceptors (Lipinski definition) is 4. The van der Waals surface area contributed by atoms with Crippen LogP contribution in [-0.4, -0.2) is 9.97 Å². The van der Waals surface area contributed by atoms with Crippen LogP contribution in [-0.2, 0) is 0 Å². The summed E-state index contributed by atoms with van der Waals surface area (Å²) in [6.45, 7) is 1.95. The van der Waals surface area contributed by atoms with E-state index in [0.717, 1.165) is 5.56 Å². The van der Waals surface area contributed by atoms with Crippen molar-refractivity contribution in [1.82, 2.24) is 9.97 Å². The molecule has 0 aromatic carbocycles. The van der Waals surface area contributed by atoms with E-state index in [1.54, 1.807) is 6.07 Å². The van der Waals surface area contributed by atoms with Gasteiger partial charge in [0.1, 0.15) is 16.4 Å². The van der Waals surface area contributed by atoms with Crippen LogP contribution in [0.5, 0.6) is 0 Å². The van der Waals surface area contributed by atoms with Crippen LogP contribution in [0.1, 0.15) is 24.5 Å². The molecule has 0 aliphatic carbocycles. The molecule has 1 unspecified atom stereocenters. The minimum Gasteiger partial charge on any atom is -0.449 e. The highest BCUT2D eigenvalue weighted by atomic mass is 79.9. The van der Waals surface area contributed by atoms with E-state index in [1.165, 1.54) is 11.3 Å². The first-order chi connectivity index (χ1) is 9.60. The molecule has 7 heteroatoms. The highest BCUT2D eigenvalue weighted by Crippen LogP contribution is 2.33. The largest absolute Gasteiger partial charge is 0.449 e. The van der Waals surface area contributed by atoms with Gasteiger partial charge in [0, 0.05) is 10.9 Å². The fourth-order valence-electron chi connectivity index (χ4n) is 1.95. The smallest absolute Gasteiger partial charge is 0.260 e. The number of furan rings is 1. The fourth-order valence-corrected chi connectivity index (χ4v) is 3.29. The number of H-pyrrole nitrogens is 1. The summed E-state index contributed by atoms with van der Waals surface area (Å²) < 4.78 is 6.13. The van der Waals surface area contributed by atoms with Crippen molar-refractivity contribution in [2.24, 2.45) is 0 Å². The van der Waals surface area contributed by atoms with Crippen molar-refractivity contribution in [3.8, 4) is 11.3 Å². The molecule has 20 heavy (non-hydrogen) atoms. The predicted octanol–water partition coefficient (Wildman–Crippen LogP) is 4.70. The van der Waals surface area contributed by atoms with Crippen LogP contribution in [0.3, 0.4) is 0 Å². The zero-order chi connectivity index (χ0) is 14.3. The fraction of sp³-hybridized carbons (Fsp3) is 0.231. The molecule has 0 saturated carbocycles. The second-order valence-corrected chi connectivity index (χ2v) is 6.43. The van der Waals surface area contributed by atoms with Gasteiger partial charge in [-0.15, -0.1) is 22.9 Å². The molecule has 4 nitrogen and oxygen atoms in total. The van der Waals surface area contributed by atoms with Crippen molar-refractivity contribution >= 4 is 49.1 Å². The minimum absolute atomic E-state index is 0.187. The summed E-state index contributed by atoms with van der Waals surface area (Å²) in [5, 5.41) is 2.13. The maximum absolute atomic E-state index is 12.3. The molecule has 104 valence electrons. The van der Waals surface area contributed by atoms with Crippen LogP contribution in [0.25, 0.3) is 21.5 Å². The lowest BCUT2D eigenvalue weighted by molar-refractivity contribution is 0.556. The Morgan fingerprint density at radius 2 is 2.35 bits per heavy atom. The third-order valence-electron chi connectivity index (χ3n) is 2.96. The standard InChI is InChI=1S/C13H10BrClN2O2S/c1-2-7(15)11-16-12(18)10-6(5-20-13(10)17-11)8-3-4-9(14)19-8/h3-5,7H,2H2,1H3,(H,16,17,18). The first-order valence-corrected chi connectivity index (χ1v) is 8.12. The molecule has 3 heterocycles. The van der Waals surface area contributed by atoms with Gasteiger partial charge in [0.15, 0.2) is 4.67 Å². The average molecular weight is 374 g/mol. The van der Waals surface area contributed by atoms with Crippen molar-refractivity contribution in [3.63, 3.8) is 0 Å². The van der Waals surface area contributed by atoms with Crippen molar-refractivity contribution in [2.45, 2.75) is 18.7 Å². The van der Waals surface area contributed by atoms with E-state index < -0.39 is 0 Å². The van der Waals surface area contributed by atoms with Gasteiger partial charge in [-0.3, -0.25) is 4.79 Å². The van der Waals surface area contributed by atoms with Crippen LogP contribution < -0.4 is 5.56 Å². The van der Waals surface area contributed by atoms with Crippen molar-refractivity contribution in [3.05, 3.63) is 38.4 Å². The molecule has 0 spiro atoms. The first kappa shape index (κ1) is 13.9. The number of nitrogens with zero attached hydrogens (tertiary/aromatic N) is 1. The lowest BCUT2D eigenvalue weighted by Crippen LogP contribution is -2.12. The summed E-state index contributed by atoms with van der Waals surface area (Å²) in [4.78, 5) is 20.1. The Kier molecular flexibility index (Phi) is 3.70. The molecular weight excluding hydrogens is 364 g/mol. The van der Waals surface area contributed by atoms with Gasteiger partial charge >= 0.3 is 0 Å². The number of aromatic nitrogens is 2. The summed E-state index contributed by atoms with van der Waals surface area (Å²) in [5.74, 6) is 1.15. The molecule has 0 fully saturated rings. The van der Waals surface area contributed by atoms with E-state index in [-0.39, 0.29) is 10.9 Å². The highest BCUT2D eigenvalue weighted by Gasteiger charge is 2.17. The average Bonchev–Trinajstić information content (AvgIpc) is 3.03. The summed E-state index contributed by atoms with van der Waals surface area (Å²) in [5.41, 5.74) is 0.562. The zero-order valence-corrected chi connectivity index (χ0v) is 13.6. The number of aromatic amines is 1. The number of alkyl halides is 1. The van der Waals surface area contributed by atoms with E-state index in [4.69, 9.17) is 16.0 Å². The Hall–Kier alpha value is -1.11. The Morgan fingerprint density at radius 1 is 1.55 bits per heavy atom. The van der Waals surface area contributed by atoms with Crippen LogP contribution in [0.4, 0.5) is 0 Å². The minimum atomic E-state index is -0.282. The molecule has 3 aromatic heterocycles. The van der Waals surface area contributed by atoms with Gasteiger partial charge in [0.25, 0.3) is 5.56 Å². The van der Waals surface area contributed by atoms with E-state index in [9.17, 15) is 4.79 Å². The molecule has 0 amide bonds. The summed E-state index contributed by atoms with van der Waals surface area (Å²) in [6.07, 6.45) is 0.708. The lowest BCUT2D eigenvalue weighted by atomic mass is 10.2. The van der Waals surface area contributed by atoms with Crippen molar-refractivity contribution in [2.75, 3.05) is 0 Å². The summed E-state index contributed by atoms with van der Waals surface area (Å²) in [7, 11) is 0. The molecule has 0 aliphatic rings. The second-order valence-electron chi connectivity index (χ2n) is 4.26. The Morgan fingerprint density at radius 3 is 3.00 bits per heavy atom. The maximum atomic E-state index is 12.3. The van der Waals surface area contributed by atoms with Gasteiger partial charge in [-0.1, -0.05) is 6.92 Å². The van der Waals surface area contributed by atoms with E-state index in [1.807, 2.05) is 18.4 Å². The van der Waals surface area contributed by atoms with Crippen molar-refractivity contribution in [1.29, 1.82) is 0 Å². The highest BCUT2D eigenvalue weighted by molar-refractivity contribution is 9.10. The Labute approximate surface area is 131 Å². The zero-order valence-electron chi connectivity index (χ0n) is 10.4. The molecule has 1 N–H and O–H groups in total. The summed E-state index contributed by atoms with van der Waals surface area (Å²) in [6, 6.07) is 3.61. The molecular formula is C13H10BrClN2O2S. The SMILES string of the molecule is CCC(Cl)c1nc2scc(-c3ccc(Br)o3)c2c(=O)[nH]1. The number of fused-ring (bicyclic) bond motifs is 1. The van der Waals surface area contributed by atoms with Crippen LogP contribution in [0, 0.1) is 0 Å². The molecule has 3 rings (SSSR count). The quantitative estimate of drug-likeness (QED) is 0.677. The Balaban J connectivity index is 2.21. The van der Waals surface area contributed by atoms with Crippen LogP contribution >= 0.6 is 38.9 Å². The third kappa shape index (κ3) is 2.32. The monoisotopic (exact) mass is 372 g/mol.